The molecule has 0 amide bonds. The van der Waals surface area contributed by atoms with Crippen molar-refractivity contribution >= 4 is 0 Å². The lowest BCUT2D eigenvalue weighted by Crippen LogP contribution is -2.15. The Labute approximate surface area is 103 Å². The van der Waals surface area contributed by atoms with Gasteiger partial charge in [0.15, 0.2) is 0 Å². The first-order chi connectivity index (χ1) is 8.39. The maximum absolute atomic E-state index is 5.37. The molecule has 5 nitrogen and oxygen atoms in total. The van der Waals surface area contributed by atoms with E-state index >= 15 is 0 Å². The van der Waals surface area contributed by atoms with Gasteiger partial charge in [0.25, 0.3) is 0 Å². The molecule has 1 heterocycles. The molecule has 0 aromatic heterocycles. The van der Waals surface area contributed by atoms with Gasteiger partial charge in [-0.1, -0.05) is 6.58 Å². The SMILES string of the molecule is C=C1COCCOCCOCCOCCOC1. The highest BCUT2D eigenvalue weighted by atomic mass is 16.6. The molecule has 0 spiro atoms. The van der Waals surface area contributed by atoms with Gasteiger partial charge >= 0.3 is 0 Å². The number of hydrogen-bond acceptors (Lipinski definition) is 5. The minimum atomic E-state index is 0.515. The minimum absolute atomic E-state index is 0.515. The van der Waals surface area contributed by atoms with E-state index in [0.717, 1.165) is 5.57 Å². The smallest absolute Gasteiger partial charge is 0.0704 e. The molecule has 1 aliphatic heterocycles. The summed E-state index contributed by atoms with van der Waals surface area (Å²) in [5.74, 6) is 0. The van der Waals surface area contributed by atoms with Gasteiger partial charge in [-0.05, 0) is 5.57 Å². The van der Waals surface area contributed by atoms with E-state index in [1.165, 1.54) is 0 Å². The molecule has 1 saturated heterocycles. The van der Waals surface area contributed by atoms with Crippen molar-refractivity contribution in [3.05, 3.63) is 12.2 Å². The highest BCUT2D eigenvalue weighted by Crippen LogP contribution is 1.94. The largest absolute Gasteiger partial charge is 0.377 e. The maximum Gasteiger partial charge on any atom is 0.0704 e. The van der Waals surface area contributed by atoms with Gasteiger partial charge in [0.05, 0.1) is 66.1 Å². The molecular weight excluding hydrogens is 224 g/mol. The van der Waals surface area contributed by atoms with Crippen molar-refractivity contribution in [2.24, 2.45) is 0 Å². The molecule has 1 fully saturated rings. The Bertz CT molecular complexity index is 177. The third kappa shape index (κ3) is 9.26. The Balaban J connectivity index is 2.11. The van der Waals surface area contributed by atoms with Crippen LogP contribution in [0, 0.1) is 0 Å². The van der Waals surface area contributed by atoms with Crippen molar-refractivity contribution in [1.82, 2.24) is 0 Å². The van der Waals surface area contributed by atoms with E-state index in [9.17, 15) is 0 Å². The van der Waals surface area contributed by atoms with Crippen molar-refractivity contribution in [2.45, 2.75) is 0 Å². The predicted molar refractivity (Wildman–Crippen MR) is 63.2 cm³/mol. The zero-order valence-corrected chi connectivity index (χ0v) is 10.3. The first-order valence-corrected chi connectivity index (χ1v) is 5.95. The molecule has 0 aromatic carbocycles. The Morgan fingerprint density at radius 1 is 0.529 bits per heavy atom. The van der Waals surface area contributed by atoms with Crippen LogP contribution in [0.25, 0.3) is 0 Å². The number of ether oxygens (including phenoxy) is 5. The molecule has 0 saturated carbocycles. The topological polar surface area (TPSA) is 46.2 Å². The normalized spacial score (nSPS) is 23.4. The van der Waals surface area contributed by atoms with Gasteiger partial charge in [0.1, 0.15) is 0 Å². The summed E-state index contributed by atoms with van der Waals surface area (Å²) in [4.78, 5) is 0. The summed E-state index contributed by atoms with van der Waals surface area (Å²) >= 11 is 0. The van der Waals surface area contributed by atoms with Gasteiger partial charge in [0, 0.05) is 0 Å². The Morgan fingerprint density at radius 2 is 0.824 bits per heavy atom. The molecular formula is C12H22O5. The Kier molecular flexibility index (Phi) is 9.17. The lowest BCUT2D eigenvalue weighted by Gasteiger charge is -2.11. The molecule has 5 heteroatoms. The van der Waals surface area contributed by atoms with E-state index in [4.69, 9.17) is 23.7 Å². The fourth-order valence-electron chi connectivity index (χ4n) is 1.25. The van der Waals surface area contributed by atoms with Crippen LogP contribution in [0.3, 0.4) is 0 Å². The van der Waals surface area contributed by atoms with Crippen LogP contribution in [-0.4, -0.2) is 66.1 Å². The molecule has 0 radical (unpaired) electrons. The minimum Gasteiger partial charge on any atom is -0.377 e. The average molecular weight is 246 g/mol. The van der Waals surface area contributed by atoms with Crippen LogP contribution >= 0.6 is 0 Å². The van der Waals surface area contributed by atoms with Crippen LogP contribution in [0.4, 0.5) is 0 Å². The van der Waals surface area contributed by atoms with Crippen LogP contribution in [0.15, 0.2) is 12.2 Å². The number of hydrogen-bond donors (Lipinski definition) is 0. The Hall–Kier alpha value is -0.460. The van der Waals surface area contributed by atoms with Crippen LogP contribution in [-0.2, 0) is 23.7 Å². The standard InChI is InChI=1S/C12H22O5/c1-12-10-16-8-6-14-4-2-13-3-5-15-7-9-17-11-12/h1-11H2. The highest BCUT2D eigenvalue weighted by Gasteiger charge is 1.98. The molecule has 0 atom stereocenters. The summed E-state index contributed by atoms with van der Waals surface area (Å²) in [6.07, 6.45) is 0. The van der Waals surface area contributed by atoms with Gasteiger partial charge in [0.2, 0.25) is 0 Å². The molecule has 17 heavy (non-hydrogen) atoms. The van der Waals surface area contributed by atoms with Crippen LogP contribution in [0.2, 0.25) is 0 Å². The summed E-state index contributed by atoms with van der Waals surface area (Å²) in [5, 5.41) is 0. The van der Waals surface area contributed by atoms with Crippen molar-refractivity contribution in [2.75, 3.05) is 66.1 Å². The second-order valence-corrected chi connectivity index (χ2v) is 3.69. The van der Waals surface area contributed by atoms with Gasteiger partial charge in [-0.3, -0.25) is 0 Å². The van der Waals surface area contributed by atoms with Crippen molar-refractivity contribution in [3.63, 3.8) is 0 Å². The van der Waals surface area contributed by atoms with E-state index in [2.05, 4.69) is 6.58 Å². The first kappa shape index (κ1) is 14.6. The van der Waals surface area contributed by atoms with E-state index in [0.29, 0.717) is 66.1 Å². The molecule has 0 aromatic rings. The Morgan fingerprint density at radius 3 is 1.18 bits per heavy atom. The summed E-state index contributed by atoms with van der Waals surface area (Å²) in [6.45, 7) is 9.55. The van der Waals surface area contributed by atoms with Gasteiger partial charge < -0.3 is 23.7 Å². The predicted octanol–water partition coefficient (Wildman–Crippen LogP) is 0.639. The van der Waals surface area contributed by atoms with E-state index in [-0.39, 0.29) is 0 Å². The summed E-state index contributed by atoms with van der Waals surface area (Å²) < 4.78 is 26.7. The van der Waals surface area contributed by atoms with Gasteiger partial charge in [-0.2, -0.15) is 0 Å². The van der Waals surface area contributed by atoms with E-state index in [1.807, 2.05) is 0 Å². The summed E-state index contributed by atoms with van der Waals surface area (Å²) in [5.41, 5.74) is 0.931. The van der Waals surface area contributed by atoms with Crippen molar-refractivity contribution in [3.8, 4) is 0 Å². The summed E-state index contributed by atoms with van der Waals surface area (Å²) in [7, 11) is 0. The maximum atomic E-state index is 5.37. The molecule has 0 aliphatic carbocycles. The van der Waals surface area contributed by atoms with Crippen LogP contribution < -0.4 is 0 Å². The summed E-state index contributed by atoms with van der Waals surface area (Å²) in [6, 6.07) is 0. The highest BCUT2D eigenvalue weighted by molar-refractivity contribution is 4.94. The molecule has 100 valence electrons. The lowest BCUT2D eigenvalue weighted by molar-refractivity contribution is -0.0138. The zero-order valence-electron chi connectivity index (χ0n) is 10.3. The monoisotopic (exact) mass is 246 g/mol. The second kappa shape index (κ2) is 10.7. The van der Waals surface area contributed by atoms with Crippen LogP contribution in [0.5, 0.6) is 0 Å². The van der Waals surface area contributed by atoms with Crippen molar-refractivity contribution < 1.29 is 23.7 Å². The average Bonchev–Trinajstić information content (AvgIpc) is 2.32. The lowest BCUT2D eigenvalue weighted by atomic mass is 10.3. The number of rotatable bonds is 0. The third-order valence-electron chi connectivity index (χ3n) is 2.10. The fourth-order valence-corrected chi connectivity index (χ4v) is 1.25. The zero-order chi connectivity index (χ0) is 12.2. The first-order valence-electron chi connectivity index (χ1n) is 5.95. The quantitative estimate of drug-likeness (QED) is 0.587. The van der Waals surface area contributed by atoms with Crippen molar-refractivity contribution in [1.29, 1.82) is 0 Å². The molecule has 1 aliphatic rings. The molecule has 0 unspecified atom stereocenters. The van der Waals surface area contributed by atoms with E-state index in [1.54, 1.807) is 0 Å². The molecule has 0 N–H and O–H groups in total. The fraction of sp³-hybridized carbons (Fsp3) is 0.833. The van der Waals surface area contributed by atoms with Crippen LogP contribution in [0.1, 0.15) is 0 Å². The molecule has 0 bridgehead atoms. The molecule has 1 rings (SSSR count). The third-order valence-corrected chi connectivity index (χ3v) is 2.10. The van der Waals surface area contributed by atoms with Gasteiger partial charge in [-0.15, -0.1) is 0 Å². The van der Waals surface area contributed by atoms with E-state index < -0.39 is 0 Å². The second-order valence-electron chi connectivity index (χ2n) is 3.69. The van der Waals surface area contributed by atoms with Gasteiger partial charge in [-0.25, -0.2) is 0 Å².